The summed E-state index contributed by atoms with van der Waals surface area (Å²) >= 11 is 0. The average Bonchev–Trinajstić information content (AvgIpc) is 2.83. The van der Waals surface area contributed by atoms with Crippen molar-refractivity contribution < 1.29 is 19.4 Å². The van der Waals surface area contributed by atoms with Crippen LogP contribution in [0.3, 0.4) is 0 Å². The maximum atomic E-state index is 11.8. The molecule has 1 aliphatic rings. The van der Waals surface area contributed by atoms with E-state index in [9.17, 15) is 9.90 Å². The molecule has 0 bridgehead atoms. The van der Waals surface area contributed by atoms with E-state index in [0.717, 1.165) is 11.3 Å². The first-order chi connectivity index (χ1) is 10.0. The van der Waals surface area contributed by atoms with Crippen LogP contribution in [0.1, 0.15) is 18.9 Å². The Kier molecular flexibility index (Phi) is 4.98. The Balaban J connectivity index is 1.88. The number of benzene rings is 1. The predicted molar refractivity (Wildman–Crippen MR) is 80.0 cm³/mol. The zero-order chi connectivity index (χ0) is 15.3. The van der Waals surface area contributed by atoms with Crippen LogP contribution < -0.4 is 10.1 Å². The third-order valence-electron chi connectivity index (χ3n) is 3.75. The molecule has 114 valence electrons. The highest BCUT2D eigenvalue weighted by Crippen LogP contribution is 2.24. The van der Waals surface area contributed by atoms with Crippen molar-refractivity contribution in [3.8, 4) is 5.75 Å². The maximum absolute atomic E-state index is 11.8. The van der Waals surface area contributed by atoms with Crippen molar-refractivity contribution in [1.29, 1.82) is 0 Å². The quantitative estimate of drug-likeness (QED) is 0.804. The molecule has 1 amide bonds. The van der Waals surface area contributed by atoms with Gasteiger partial charge >= 0.3 is 0 Å². The number of amides is 1. The second-order valence-corrected chi connectivity index (χ2v) is 5.19. The molecule has 1 aliphatic heterocycles. The molecule has 0 saturated carbocycles. The summed E-state index contributed by atoms with van der Waals surface area (Å²) in [4.78, 5) is 11.8. The molecule has 5 heteroatoms. The normalized spacial score (nSPS) is 25.2. The minimum Gasteiger partial charge on any atom is -0.497 e. The van der Waals surface area contributed by atoms with Crippen molar-refractivity contribution in [1.82, 2.24) is 5.32 Å². The van der Waals surface area contributed by atoms with Gasteiger partial charge in [-0.05, 0) is 30.7 Å². The number of carbonyl (C=O) groups excluding carboxylic acids is 1. The van der Waals surface area contributed by atoms with Gasteiger partial charge in [-0.3, -0.25) is 4.79 Å². The third-order valence-corrected chi connectivity index (χ3v) is 3.75. The van der Waals surface area contributed by atoms with E-state index in [4.69, 9.17) is 9.47 Å². The molecule has 1 heterocycles. The lowest BCUT2D eigenvalue weighted by Gasteiger charge is -2.25. The molecule has 0 aromatic heterocycles. The molecule has 0 aliphatic carbocycles. The molecule has 1 aromatic rings. The van der Waals surface area contributed by atoms with E-state index in [2.05, 4.69) is 5.32 Å². The summed E-state index contributed by atoms with van der Waals surface area (Å²) in [5.41, 5.74) is -0.0970. The number of nitrogens with one attached hydrogen (secondary N) is 1. The monoisotopic (exact) mass is 291 g/mol. The zero-order valence-corrected chi connectivity index (χ0v) is 12.3. The number of hydrogen-bond donors (Lipinski definition) is 2. The smallest absolute Gasteiger partial charge is 0.244 e. The molecular weight excluding hydrogens is 270 g/mol. The summed E-state index contributed by atoms with van der Waals surface area (Å²) in [6.45, 7) is 2.52. The van der Waals surface area contributed by atoms with Gasteiger partial charge in [-0.1, -0.05) is 12.1 Å². The molecule has 5 nitrogen and oxygen atoms in total. The second kappa shape index (κ2) is 6.74. The van der Waals surface area contributed by atoms with Crippen molar-refractivity contribution >= 4 is 12.0 Å². The first kappa shape index (κ1) is 15.5. The SMILES string of the molecule is COc1cccc(/C=C/C(=O)NCC2(O)CCOC2C)c1. The van der Waals surface area contributed by atoms with Crippen LogP contribution in [0.4, 0.5) is 0 Å². The van der Waals surface area contributed by atoms with E-state index < -0.39 is 5.60 Å². The van der Waals surface area contributed by atoms with Crippen LogP contribution in [0, 0.1) is 0 Å². The highest BCUT2D eigenvalue weighted by molar-refractivity contribution is 5.91. The van der Waals surface area contributed by atoms with Gasteiger partial charge in [0, 0.05) is 25.6 Å². The molecule has 1 saturated heterocycles. The van der Waals surface area contributed by atoms with Gasteiger partial charge in [-0.15, -0.1) is 0 Å². The molecule has 2 rings (SSSR count). The lowest BCUT2D eigenvalue weighted by atomic mass is 9.97. The van der Waals surface area contributed by atoms with Gasteiger partial charge in [0.1, 0.15) is 11.4 Å². The van der Waals surface area contributed by atoms with Crippen LogP contribution in [-0.2, 0) is 9.53 Å². The van der Waals surface area contributed by atoms with E-state index >= 15 is 0 Å². The Labute approximate surface area is 124 Å². The second-order valence-electron chi connectivity index (χ2n) is 5.19. The van der Waals surface area contributed by atoms with Crippen LogP contribution in [0.5, 0.6) is 5.75 Å². The summed E-state index contributed by atoms with van der Waals surface area (Å²) in [6.07, 6.45) is 3.42. The number of hydrogen-bond acceptors (Lipinski definition) is 4. The highest BCUT2D eigenvalue weighted by atomic mass is 16.5. The largest absolute Gasteiger partial charge is 0.497 e. The van der Waals surface area contributed by atoms with E-state index in [1.54, 1.807) is 13.2 Å². The lowest BCUT2D eigenvalue weighted by Crippen LogP contribution is -2.47. The van der Waals surface area contributed by atoms with Crippen molar-refractivity contribution in [2.75, 3.05) is 20.3 Å². The molecule has 2 N–H and O–H groups in total. The highest BCUT2D eigenvalue weighted by Gasteiger charge is 2.39. The van der Waals surface area contributed by atoms with Gasteiger partial charge < -0.3 is 19.9 Å². The number of aliphatic hydroxyl groups is 1. The first-order valence-corrected chi connectivity index (χ1v) is 6.97. The van der Waals surface area contributed by atoms with Gasteiger partial charge in [0.15, 0.2) is 0 Å². The number of rotatable bonds is 5. The van der Waals surface area contributed by atoms with Gasteiger partial charge in [0.05, 0.1) is 13.2 Å². The van der Waals surface area contributed by atoms with Crippen molar-refractivity contribution in [2.24, 2.45) is 0 Å². The van der Waals surface area contributed by atoms with Crippen LogP contribution in [0.2, 0.25) is 0 Å². The molecule has 2 atom stereocenters. The topological polar surface area (TPSA) is 67.8 Å². The minimum atomic E-state index is -0.973. The van der Waals surface area contributed by atoms with E-state index in [1.165, 1.54) is 6.08 Å². The van der Waals surface area contributed by atoms with Crippen LogP contribution >= 0.6 is 0 Å². The molecule has 0 spiro atoms. The zero-order valence-electron chi connectivity index (χ0n) is 12.3. The first-order valence-electron chi connectivity index (χ1n) is 6.97. The third kappa shape index (κ3) is 4.06. The van der Waals surface area contributed by atoms with Gasteiger partial charge in [0.25, 0.3) is 0 Å². The lowest BCUT2D eigenvalue weighted by molar-refractivity contribution is -0.118. The fraction of sp³-hybridized carbons (Fsp3) is 0.438. The summed E-state index contributed by atoms with van der Waals surface area (Å²) in [6, 6.07) is 7.42. The summed E-state index contributed by atoms with van der Waals surface area (Å²) in [5, 5.41) is 13.0. The number of ether oxygens (including phenoxy) is 2. The van der Waals surface area contributed by atoms with Crippen molar-refractivity contribution in [2.45, 2.75) is 25.0 Å². The van der Waals surface area contributed by atoms with Gasteiger partial charge in [0.2, 0.25) is 5.91 Å². The number of carbonyl (C=O) groups is 1. The molecule has 21 heavy (non-hydrogen) atoms. The Hall–Kier alpha value is -1.85. The van der Waals surface area contributed by atoms with E-state index in [1.807, 2.05) is 31.2 Å². The maximum Gasteiger partial charge on any atom is 0.244 e. The minimum absolute atomic E-state index is 0.190. The molecule has 1 aromatic carbocycles. The van der Waals surface area contributed by atoms with Gasteiger partial charge in [-0.2, -0.15) is 0 Å². The Morgan fingerprint density at radius 1 is 1.62 bits per heavy atom. The standard InChI is InChI=1S/C16H21NO4/c1-12-16(19,8-9-21-12)11-17-15(18)7-6-13-4-3-5-14(10-13)20-2/h3-7,10,12,19H,8-9,11H2,1-2H3,(H,17,18)/b7-6+. The van der Waals surface area contributed by atoms with Crippen LogP contribution in [0.15, 0.2) is 30.3 Å². The van der Waals surface area contributed by atoms with Crippen molar-refractivity contribution in [3.63, 3.8) is 0 Å². The van der Waals surface area contributed by atoms with E-state index in [-0.39, 0.29) is 18.6 Å². The average molecular weight is 291 g/mol. The van der Waals surface area contributed by atoms with E-state index in [0.29, 0.717) is 13.0 Å². The van der Waals surface area contributed by atoms with Crippen LogP contribution in [0.25, 0.3) is 6.08 Å². The molecule has 0 radical (unpaired) electrons. The predicted octanol–water partition coefficient (Wildman–Crippen LogP) is 1.36. The molecular formula is C16H21NO4. The summed E-state index contributed by atoms with van der Waals surface area (Å²) in [7, 11) is 1.60. The Bertz CT molecular complexity index is 529. The number of methoxy groups -OCH3 is 1. The summed E-state index contributed by atoms with van der Waals surface area (Å²) in [5.74, 6) is 0.495. The molecule has 2 unspecified atom stereocenters. The van der Waals surface area contributed by atoms with Gasteiger partial charge in [-0.25, -0.2) is 0 Å². The van der Waals surface area contributed by atoms with Crippen LogP contribution in [-0.4, -0.2) is 43.0 Å². The summed E-state index contributed by atoms with van der Waals surface area (Å²) < 4.78 is 10.4. The van der Waals surface area contributed by atoms with Crippen molar-refractivity contribution in [3.05, 3.63) is 35.9 Å². The Morgan fingerprint density at radius 3 is 3.10 bits per heavy atom. The fourth-order valence-corrected chi connectivity index (χ4v) is 2.22. The fourth-order valence-electron chi connectivity index (χ4n) is 2.22. The Morgan fingerprint density at radius 2 is 2.43 bits per heavy atom. The molecule has 1 fully saturated rings.